The van der Waals surface area contributed by atoms with E-state index in [1.807, 2.05) is 6.07 Å². The quantitative estimate of drug-likeness (QED) is 0.761. The van der Waals surface area contributed by atoms with Crippen LogP contribution in [0.4, 0.5) is 5.69 Å². The number of hydrogen-bond acceptors (Lipinski definition) is 4. The van der Waals surface area contributed by atoms with Gasteiger partial charge in [0, 0.05) is 20.7 Å². The van der Waals surface area contributed by atoms with Gasteiger partial charge in [0.25, 0.3) is 0 Å². The van der Waals surface area contributed by atoms with Gasteiger partial charge in [-0.15, -0.1) is 0 Å². The van der Waals surface area contributed by atoms with Crippen LogP contribution >= 0.6 is 0 Å². The van der Waals surface area contributed by atoms with E-state index in [-0.39, 0.29) is 13.2 Å². The predicted molar refractivity (Wildman–Crippen MR) is 68.4 cm³/mol. The highest BCUT2D eigenvalue weighted by Crippen LogP contribution is 2.19. The summed E-state index contributed by atoms with van der Waals surface area (Å²) in [5.41, 5.74) is 0.641. The molecule has 1 rings (SSSR count). The van der Waals surface area contributed by atoms with Gasteiger partial charge in [-0.05, 0) is 12.1 Å². The molecule has 0 unspecified atom stereocenters. The minimum Gasteiger partial charge on any atom is -0.383 e. The van der Waals surface area contributed by atoms with Crippen LogP contribution in [-0.2, 0) is 14.9 Å². The summed E-state index contributed by atoms with van der Waals surface area (Å²) in [7, 11) is -0.783. The third kappa shape index (κ3) is 3.43. The first-order valence-corrected chi connectivity index (χ1v) is 6.68. The predicted octanol–water partition coefficient (Wildman–Crippen LogP) is 0.475. The number of para-hydroxylation sites is 1. The summed E-state index contributed by atoms with van der Waals surface area (Å²) in [4.78, 5) is 0. The molecule has 1 aromatic rings. The molecular formula is C11H15N3O3S. The number of ether oxygens (including phenoxy) is 1. The Hall–Kier alpha value is -1.62. The Morgan fingerprint density at radius 3 is 2.72 bits per heavy atom. The number of nitriles is 1. The highest BCUT2D eigenvalue weighted by Gasteiger charge is 2.19. The van der Waals surface area contributed by atoms with Crippen LogP contribution in [0.15, 0.2) is 24.3 Å². The maximum atomic E-state index is 11.9. The van der Waals surface area contributed by atoms with Crippen LogP contribution in [0.2, 0.25) is 0 Å². The van der Waals surface area contributed by atoms with Crippen molar-refractivity contribution in [3.05, 3.63) is 29.8 Å². The van der Waals surface area contributed by atoms with Gasteiger partial charge in [-0.2, -0.15) is 18.4 Å². The summed E-state index contributed by atoms with van der Waals surface area (Å²) >= 11 is 0. The standard InChI is InChI=1S/C11H15N3O3S/c1-14(18(15,16)13-7-8-17-2)11-6-4-3-5-10(11)9-12/h3-6,13H,7-8H2,1-2H3. The normalized spacial score (nSPS) is 10.9. The Balaban J connectivity index is 2.93. The fourth-order valence-corrected chi connectivity index (χ4v) is 2.29. The summed E-state index contributed by atoms with van der Waals surface area (Å²) in [6.45, 7) is 0.463. The third-order valence-electron chi connectivity index (χ3n) is 2.31. The molecule has 0 atom stereocenters. The number of benzene rings is 1. The van der Waals surface area contributed by atoms with Crippen molar-refractivity contribution in [2.75, 3.05) is 31.6 Å². The van der Waals surface area contributed by atoms with Crippen molar-refractivity contribution in [3.8, 4) is 6.07 Å². The van der Waals surface area contributed by atoms with Crippen LogP contribution in [0.25, 0.3) is 0 Å². The molecule has 0 amide bonds. The molecular weight excluding hydrogens is 254 g/mol. The van der Waals surface area contributed by atoms with E-state index < -0.39 is 10.2 Å². The van der Waals surface area contributed by atoms with Crippen molar-refractivity contribution < 1.29 is 13.2 Å². The van der Waals surface area contributed by atoms with E-state index >= 15 is 0 Å². The average Bonchev–Trinajstić information content (AvgIpc) is 2.38. The lowest BCUT2D eigenvalue weighted by molar-refractivity contribution is 0.204. The molecule has 0 aliphatic carbocycles. The number of nitrogens with zero attached hydrogens (tertiary/aromatic N) is 2. The van der Waals surface area contributed by atoms with Gasteiger partial charge in [0.05, 0.1) is 17.9 Å². The average molecular weight is 269 g/mol. The molecule has 0 spiro atoms. The van der Waals surface area contributed by atoms with E-state index in [1.165, 1.54) is 14.2 Å². The maximum absolute atomic E-state index is 11.9. The number of nitrogens with one attached hydrogen (secondary N) is 1. The smallest absolute Gasteiger partial charge is 0.301 e. The van der Waals surface area contributed by atoms with Crippen molar-refractivity contribution in [2.24, 2.45) is 0 Å². The molecule has 0 aromatic heterocycles. The molecule has 18 heavy (non-hydrogen) atoms. The lowest BCUT2D eigenvalue weighted by atomic mass is 10.2. The van der Waals surface area contributed by atoms with Gasteiger partial charge in [-0.1, -0.05) is 12.1 Å². The molecule has 0 radical (unpaired) electrons. The van der Waals surface area contributed by atoms with E-state index in [0.29, 0.717) is 11.3 Å². The maximum Gasteiger partial charge on any atom is 0.301 e. The summed E-state index contributed by atoms with van der Waals surface area (Å²) in [5.74, 6) is 0. The zero-order valence-corrected chi connectivity index (χ0v) is 11.1. The van der Waals surface area contributed by atoms with E-state index in [4.69, 9.17) is 10.00 Å². The second-order valence-corrected chi connectivity index (χ2v) is 5.28. The van der Waals surface area contributed by atoms with Gasteiger partial charge in [0.1, 0.15) is 6.07 Å². The fourth-order valence-electron chi connectivity index (χ4n) is 1.34. The number of methoxy groups -OCH3 is 1. The summed E-state index contributed by atoms with van der Waals surface area (Å²) in [6, 6.07) is 8.46. The number of hydrogen-bond donors (Lipinski definition) is 1. The second-order valence-electron chi connectivity index (χ2n) is 3.49. The van der Waals surface area contributed by atoms with E-state index in [0.717, 1.165) is 4.31 Å². The first kappa shape index (κ1) is 14.4. The minimum absolute atomic E-state index is 0.178. The van der Waals surface area contributed by atoms with Crippen LogP contribution in [-0.4, -0.2) is 35.7 Å². The van der Waals surface area contributed by atoms with Gasteiger partial charge in [-0.3, -0.25) is 4.31 Å². The van der Waals surface area contributed by atoms with E-state index in [2.05, 4.69) is 4.72 Å². The molecule has 0 saturated carbocycles. The van der Waals surface area contributed by atoms with Gasteiger partial charge in [-0.25, -0.2) is 0 Å². The fraction of sp³-hybridized carbons (Fsp3) is 0.364. The van der Waals surface area contributed by atoms with Crippen molar-refractivity contribution in [1.82, 2.24) is 4.72 Å². The zero-order valence-electron chi connectivity index (χ0n) is 10.3. The molecule has 6 nitrogen and oxygen atoms in total. The van der Waals surface area contributed by atoms with Crippen molar-refractivity contribution in [3.63, 3.8) is 0 Å². The van der Waals surface area contributed by atoms with Gasteiger partial charge in [0.15, 0.2) is 0 Å². The Labute approximate surface area is 107 Å². The molecule has 0 fully saturated rings. The van der Waals surface area contributed by atoms with E-state index in [9.17, 15) is 8.42 Å². The first-order valence-electron chi connectivity index (χ1n) is 5.24. The van der Waals surface area contributed by atoms with Gasteiger partial charge < -0.3 is 4.74 Å². The number of rotatable bonds is 6. The van der Waals surface area contributed by atoms with Crippen LogP contribution in [0, 0.1) is 11.3 Å². The number of anilines is 1. The highest BCUT2D eigenvalue weighted by atomic mass is 32.2. The molecule has 0 aliphatic rings. The summed E-state index contributed by atoms with van der Waals surface area (Å²) in [6.07, 6.45) is 0. The Bertz CT molecular complexity index is 537. The highest BCUT2D eigenvalue weighted by molar-refractivity contribution is 7.90. The lowest BCUT2D eigenvalue weighted by Gasteiger charge is -2.20. The monoisotopic (exact) mass is 269 g/mol. The van der Waals surface area contributed by atoms with Gasteiger partial charge >= 0.3 is 10.2 Å². The Morgan fingerprint density at radius 2 is 2.11 bits per heavy atom. The largest absolute Gasteiger partial charge is 0.383 e. The third-order valence-corrected chi connectivity index (χ3v) is 3.80. The lowest BCUT2D eigenvalue weighted by Crippen LogP contribution is -2.40. The SMILES string of the molecule is COCCNS(=O)(=O)N(C)c1ccccc1C#N. The second kappa shape index (κ2) is 6.35. The van der Waals surface area contributed by atoms with Gasteiger partial charge in [0.2, 0.25) is 0 Å². The van der Waals surface area contributed by atoms with E-state index in [1.54, 1.807) is 24.3 Å². The minimum atomic E-state index is -3.67. The first-order chi connectivity index (χ1) is 8.53. The zero-order chi connectivity index (χ0) is 13.6. The molecule has 0 bridgehead atoms. The molecule has 7 heteroatoms. The molecule has 1 aromatic carbocycles. The topological polar surface area (TPSA) is 82.4 Å². The van der Waals surface area contributed by atoms with Crippen molar-refractivity contribution in [1.29, 1.82) is 5.26 Å². The van der Waals surface area contributed by atoms with Crippen LogP contribution in [0.5, 0.6) is 0 Å². The summed E-state index contributed by atoms with van der Waals surface area (Å²) in [5, 5.41) is 8.94. The van der Waals surface area contributed by atoms with Crippen LogP contribution in [0.1, 0.15) is 5.56 Å². The summed E-state index contributed by atoms with van der Waals surface area (Å²) < 4.78 is 32.0. The molecule has 98 valence electrons. The molecule has 0 saturated heterocycles. The molecule has 1 N–H and O–H groups in total. The molecule has 0 heterocycles. The Kier molecular flexibility index (Phi) is 5.09. The molecule has 0 aliphatic heterocycles. The van der Waals surface area contributed by atoms with Crippen LogP contribution in [0.3, 0.4) is 0 Å². The van der Waals surface area contributed by atoms with Crippen molar-refractivity contribution >= 4 is 15.9 Å². The van der Waals surface area contributed by atoms with Crippen LogP contribution < -0.4 is 9.03 Å². The Morgan fingerprint density at radius 1 is 1.44 bits per heavy atom. The van der Waals surface area contributed by atoms with Crippen molar-refractivity contribution in [2.45, 2.75) is 0 Å².